The second-order valence-corrected chi connectivity index (χ2v) is 7.93. The summed E-state index contributed by atoms with van der Waals surface area (Å²) in [5.74, 6) is -0.439. The maximum Gasteiger partial charge on any atom is 0.257 e. The predicted octanol–water partition coefficient (Wildman–Crippen LogP) is 2.52. The zero-order valence-electron chi connectivity index (χ0n) is 14.6. The standard InChI is InChI=1S/C19H22N2O4S/c1-2-15-6-5-7-16(14-15)20-19(22)17-8-3-4-9-18(17)26(23,24)21-10-12-25-13-11-21/h3-9,14H,2,10-13H2,1H3,(H,20,22). The number of aryl methyl sites for hydroxylation is 1. The molecule has 6 nitrogen and oxygen atoms in total. The van der Waals surface area contributed by atoms with Crippen LogP contribution in [0.1, 0.15) is 22.8 Å². The Balaban J connectivity index is 1.89. The molecular formula is C19H22N2O4S. The van der Waals surface area contributed by atoms with E-state index < -0.39 is 15.9 Å². The first-order valence-corrected chi connectivity index (χ1v) is 10.0. The lowest BCUT2D eigenvalue weighted by Crippen LogP contribution is -2.41. The minimum Gasteiger partial charge on any atom is -0.379 e. The van der Waals surface area contributed by atoms with E-state index in [2.05, 4.69) is 5.32 Å². The zero-order chi connectivity index (χ0) is 18.6. The summed E-state index contributed by atoms with van der Waals surface area (Å²) in [4.78, 5) is 12.8. The van der Waals surface area contributed by atoms with E-state index in [1.54, 1.807) is 18.2 Å². The molecule has 0 radical (unpaired) electrons. The number of ether oxygens (including phenoxy) is 1. The highest BCUT2D eigenvalue weighted by Crippen LogP contribution is 2.22. The Hall–Kier alpha value is -2.22. The fraction of sp³-hybridized carbons (Fsp3) is 0.316. The molecule has 1 heterocycles. The topological polar surface area (TPSA) is 75.7 Å². The number of amides is 1. The SMILES string of the molecule is CCc1cccc(NC(=O)c2ccccc2S(=O)(=O)N2CCOCC2)c1. The summed E-state index contributed by atoms with van der Waals surface area (Å²) in [6.45, 7) is 3.33. The Morgan fingerprint density at radius 2 is 1.85 bits per heavy atom. The number of carbonyl (C=O) groups is 1. The summed E-state index contributed by atoms with van der Waals surface area (Å²) in [5, 5.41) is 2.80. The van der Waals surface area contributed by atoms with E-state index in [9.17, 15) is 13.2 Å². The van der Waals surface area contributed by atoms with Crippen molar-refractivity contribution in [1.82, 2.24) is 4.31 Å². The Labute approximate surface area is 153 Å². The van der Waals surface area contributed by atoms with Gasteiger partial charge in [0.15, 0.2) is 0 Å². The monoisotopic (exact) mass is 374 g/mol. The van der Waals surface area contributed by atoms with Gasteiger partial charge in [0.25, 0.3) is 5.91 Å². The first-order valence-electron chi connectivity index (χ1n) is 8.59. The molecule has 0 saturated carbocycles. The number of morpholine rings is 1. The summed E-state index contributed by atoms with van der Waals surface area (Å²) in [5.41, 5.74) is 1.88. The van der Waals surface area contributed by atoms with E-state index in [1.165, 1.54) is 16.4 Å². The maximum absolute atomic E-state index is 13.0. The molecule has 1 N–H and O–H groups in total. The average Bonchev–Trinajstić information content (AvgIpc) is 2.68. The highest BCUT2D eigenvalue weighted by Gasteiger charge is 2.30. The van der Waals surface area contributed by atoms with Crippen LogP contribution in [0.2, 0.25) is 0 Å². The molecule has 1 fully saturated rings. The number of anilines is 1. The van der Waals surface area contributed by atoms with Gasteiger partial charge in [-0.05, 0) is 36.2 Å². The minimum absolute atomic E-state index is 0.0195. The van der Waals surface area contributed by atoms with Crippen LogP contribution in [0.3, 0.4) is 0 Å². The van der Waals surface area contributed by atoms with E-state index in [0.717, 1.165) is 12.0 Å². The van der Waals surface area contributed by atoms with E-state index in [-0.39, 0.29) is 23.5 Å². The number of hydrogen-bond acceptors (Lipinski definition) is 4. The van der Waals surface area contributed by atoms with Gasteiger partial charge in [0, 0.05) is 18.8 Å². The molecule has 0 atom stereocenters. The highest BCUT2D eigenvalue weighted by atomic mass is 32.2. The molecule has 2 aromatic rings. The molecule has 0 unspecified atom stereocenters. The van der Waals surface area contributed by atoms with Gasteiger partial charge in [-0.3, -0.25) is 4.79 Å². The second kappa shape index (κ2) is 7.99. The largest absolute Gasteiger partial charge is 0.379 e. The van der Waals surface area contributed by atoms with Gasteiger partial charge >= 0.3 is 0 Å². The van der Waals surface area contributed by atoms with Crippen LogP contribution < -0.4 is 5.32 Å². The van der Waals surface area contributed by atoms with Crippen molar-refractivity contribution >= 4 is 21.6 Å². The smallest absolute Gasteiger partial charge is 0.257 e. The Kier molecular flexibility index (Phi) is 5.70. The molecule has 0 aliphatic carbocycles. The van der Waals surface area contributed by atoms with Gasteiger partial charge in [-0.1, -0.05) is 31.2 Å². The number of hydrogen-bond donors (Lipinski definition) is 1. The molecule has 26 heavy (non-hydrogen) atoms. The number of rotatable bonds is 5. The molecule has 1 aliphatic heterocycles. The molecule has 7 heteroatoms. The van der Waals surface area contributed by atoms with Crippen molar-refractivity contribution < 1.29 is 17.9 Å². The van der Waals surface area contributed by atoms with Crippen LogP contribution in [0, 0.1) is 0 Å². The van der Waals surface area contributed by atoms with E-state index in [0.29, 0.717) is 18.9 Å². The van der Waals surface area contributed by atoms with Gasteiger partial charge in [-0.25, -0.2) is 8.42 Å². The quantitative estimate of drug-likeness (QED) is 0.873. The molecule has 138 valence electrons. The fourth-order valence-electron chi connectivity index (χ4n) is 2.87. The Bertz CT molecular complexity index is 890. The van der Waals surface area contributed by atoms with Crippen molar-refractivity contribution in [3.05, 3.63) is 59.7 Å². The second-order valence-electron chi connectivity index (χ2n) is 6.02. The number of benzene rings is 2. The molecule has 2 aromatic carbocycles. The minimum atomic E-state index is -3.75. The molecule has 0 spiro atoms. The summed E-state index contributed by atoms with van der Waals surface area (Å²) >= 11 is 0. The third-order valence-corrected chi connectivity index (χ3v) is 6.27. The van der Waals surface area contributed by atoms with Crippen LogP contribution in [0.25, 0.3) is 0 Å². The van der Waals surface area contributed by atoms with E-state index in [4.69, 9.17) is 4.74 Å². The number of nitrogens with zero attached hydrogens (tertiary/aromatic N) is 1. The van der Waals surface area contributed by atoms with Gasteiger partial charge in [0.05, 0.1) is 23.7 Å². The van der Waals surface area contributed by atoms with E-state index in [1.807, 2.05) is 25.1 Å². The van der Waals surface area contributed by atoms with Gasteiger partial charge in [0.1, 0.15) is 0 Å². The van der Waals surface area contributed by atoms with Crippen molar-refractivity contribution in [2.45, 2.75) is 18.2 Å². The summed E-state index contributed by atoms with van der Waals surface area (Å²) in [7, 11) is -3.75. The Morgan fingerprint density at radius 1 is 1.12 bits per heavy atom. The normalized spacial score (nSPS) is 15.6. The molecular weight excluding hydrogens is 352 g/mol. The molecule has 1 amide bonds. The fourth-order valence-corrected chi connectivity index (χ4v) is 4.47. The lowest BCUT2D eigenvalue weighted by atomic mass is 10.1. The van der Waals surface area contributed by atoms with Gasteiger partial charge in [-0.15, -0.1) is 0 Å². The number of nitrogens with one attached hydrogen (secondary N) is 1. The van der Waals surface area contributed by atoms with Crippen molar-refractivity contribution in [1.29, 1.82) is 0 Å². The van der Waals surface area contributed by atoms with Crippen molar-refractivity contribution in [3.8, 4) is 0 Å². The summed E-state index contributed by atoms with van der Waals surface area (Å²) in [6, 6.07) is 13.8. The third kappa shape index (κ3) is 3.95. The molecule has 1 aliphatic rings. The first-order chi connectivity index (χ1) is 12.5. The van der Waals surface area contributed by atoms with Gasteiger partial charge in [-0.2, -0.15) is 4.31 Å². The predicted molar refractivity (Wildman–Crippen MR) is 99.8 cm³/mol. The van der Waals surface area contributed by atoms with Gasteiger partial charge < -0.3 is 10.1 Å². The molecule has 1 saturated heterocycles. The molecule has 0 aromatic heterocycles. The third-order valence-electron chi connectivity index (χ3n) is 4.31. The zero-order valence-corrected chi connectivity index (χ0v) is 15.5. The lowest BCUT2D eigenvalue weighted by molar-refractivity contribution is 0.0730. The Morgan fingerprint density at radius 3 is 2.58 bits per heavy atom. The van der Waals surface area contributed by atoms with Crippen LogP contribution in [0.5, 0.6) is 0 Å². The van der Waals surface area contributed by atoms with Crippen LogP contribution in [-0.2, 0) is 21.2 Å². The molecule has 3 rings (SSSR count). The van der Waals surface area contributed by atoms with Crippen molar-refractivity contribution in [3.63, 3.8) is 0 Å². The van der Waals surface area contributed by atoms with Crippen LogP contribution >= 0.6 is 0 Å². The van der Waals surface area contributed by atoms with Crippen molar-refractivity contribution in [2.75, 3.05) is 31.6 Å². The van der Waals surface area contributed by atoms with E-state index >= 15 is 0 Å². The summed E-state index contributed by atoms with van der Waals surface area (Å²) in [6.07, 6.45) is 0.853. The van der Waals surface area contributed by atoms with Crippen LogP contribution in [-0.4, -0.2) is 44.9 Å². The van der Waals surface area contributed by atoms with Gasteiger partial charge in [0.2, 0.25) is 10.0 Å². The number of carbonyl (C=O) groups excluding carboxylic acids is 1. The maximum atomic E-state index is 13.0. The number of sulfonamides is 1. The van der Waals surface area contributed by atoms with Crippen LogP contribution in [0.4, 0.5) is 5.69 Å². The van der Waals surface area contributed by atoms with Crippen LogP contribution in [0.15, 0.2) is 53.4 Å². The summed E-state index contributed by atoms with van der Waals surface area (Å²) < 4.78 is 32.5. The average molecular weight is 374 g/mol. The molecule has 0 bridgehead atoms. The highest BCUT2D eigenvalue weighted by molar-refractivity contribution is 7.89. The lowest BCUT2D eigenvalue weighted by Gasteiger charge is -2.26. The van der Waals surface area contributed by atoms with Crippen molar-refractivity contribution in [2.24, 2.45) is 0 Å². The first kappa shape index (κ1) is 18.6.